The summed E-state index contributed by atoms with van der Waals surface area (Å²) >= 11 is 10.0. The molecule has 0 fully saturated rings. The van der Waals surface area contributed by atoms with Crippen LogP contribution in [0.25, 0.3) is 0 Å². The topological polar surface area (TPSA) is 55.1 Å². The van der Waals surface area contributed by atoms with Crippen LogP contribution in [0.5, 0.6) is 0 Å². The van der Waals surface area contributed by atoms with Gasteiger partial charge in [0.25, 0.3) is 0 Å². The first-order valence-corrected chi connectivity index (χ1v) is 4.96. The van der Waals surface area contributed by atoms with Crippen LogP contribution in [0.3, 0.4) is 0 Å². The van der Waals surface area contributed by atoms with E-state index in [2.05, 4.69) is 12.6 Å². The Kier molecular flexibility index (Phi) is 4.25. The molecule has 3 nitrogen and oxygen atoms in total. The molecule has 0 saturated heterocycles. The highest BCUT2D eigenvalue weighted by molar-refractivity contribution is 7.81. The molecule has 0 aliphatic carbocycles. The highest BCUT2D eigenvalue weighted by Crippen LogP contribution is 2.18. The maximum atomic E-state index is 11.1. The summed E-state index contributed by atoms with van der Waals surface area (Å²) in [7, 11) is 0. The van der Waals surface area contributed by atoms with Gasteiger partial charge in [-0.2, -0.15) is 12.6 Å². The zero-order valence-electron chi connectivity index (χ0n) is 7.40. The predicted octanol–water partition coefficient (Wildman–Crippen LogP) is 1.17. The van der Waals surface area contributed by atoms with E-state index in [4.69, 9.17) is 17.4 Å². The molecule has 1 amide bonds. The number of carbonyl (C=O) groups excluding carboxylic acids is 1. The number of hydrazine groups is 1. The SMILES string of the molecule is NNC(=O)[C@H](S)Cc1ccccc1Cl. The smallest absolute Gasteiger partial charge is 0.247 e. The molecule has 0 spiro atoms. The standard InChI is InChI=1S/C9H11ClN2OS/c10-7-4-2-1-3-6(7)5-8(14)9(13)12-11/h1-4,8,14H,5,11H2,(H,12,13)/t8-/m1/s1. The minimum absolute atomic E-state index is 0.312. The molecule has 0 heterocycles. The summed E-state index contributed by atoms with van der Waals surface area (Å²) in [6.45, 7) is 0. The lowest BCUT2D eigenvalue weighted by atomic mass is 10.1. The third-order valence-electron chi connectivity index (χ3n) is 1.82. The normalized spacial score (nSPS) is 12.2. The lowest BCUT2D eigenvalue weighted by Gasteiger charge is -2.09. The van der Waals surface area contributed by atoms with Gasteiger partial charge < -0.3 is 0 Å². The van der Waals surface area contributed by atoms with Gasteiger partial charge in [0.05, 0.1) is 5.25 Å². The van der Waals surface area contributed by atoms with Crippen molar-refractivity contribution in [1.82, 2.24) is 5.43 Å². The van der Waals surface area contributed by atoms with Crippen LogP contribution in [0.2, 0.25) is 5.02 Å². The number of amides is 1. The first-order valence-electron chi connectivity index (χ1n) is 4.07. The maximum absolute atomic E-state index is 11.1. The van der Waals surface area contributed by atoms with E-state index in [0.29, 0.717) is 11.4 Å². The van der Waals surface area contributed by atoms with Gasteiger partial charge in [0, 0.05) is 5.02 Å². The Bertz CT molecular complexity index is 332. The number of rotatable bonds is 3. The number of nitrogens with one attached hydrogen (secondary N) is 1. The summed E-state index contributed by atoms with van der Waals surface area (Å²) in [6, 6.07) is 7.33. The minimum atomic E-state index is -0.472. The Morgan fingerprint density at radius 3 is 2.79 bits per heavy atom. The van der Waals surface area contributed by atoms with Crippen LogP contribution in [0.4, 0.5) is 0 Å². The summed E-state index contributed by atoms with van der Waals surface area (Å²) in [5.41, 5.74) is 2.93. The van der Waals surface area contributed by atoms with Crippen molar-refractivity contribution < 1.29 is 4.79 Å². The van der Waals surface area contributed by atoms with Gasteiger partial charge in [0.15, 0.2) is 0 Å². The average Bonchev–Trinajstić information content (AvgIpc) is 2.20. The minimum Gasteiger partial charge on any atom is -0.293 e. The second-order valence-corrected chi connectivity index (χ2v) is 3.85. The Hall–Kier alpha value is -0.710. The van der Waals surface area contributed by atoms with Crippen molar-refractivity contribution in [3.8, 4) is 0 Å². The van der Waals surface area contributed by atoms with E-state index in [1.165, 1.54) is 0 Å². The molecule has 5 heteroatoms. The molecular weight excluding hydrogens is 220 g/mol. The number of benzene rings is 1. The number of hydrogen-bond acceptors (Lipinski definition) is 3. The molecule has 76 valence electrons. The first kappa shape index (κ1) is 11.4. The van der Waals surface area contributed by atoms with Gasteiger partial charge in [0.2, 0.25) is 5.91 Å². The zero-order valence-corrected chi connectivity index (χ0v) is 9.05. The molecule has 1 aromatic rings. The monoisotopic (exact) mass is 230 g/mol. The quantitative estimate of drug-likeness (QED) is 0.316. The number of hydrogen-bond donors (Lipinski definition) is 3. The predicted molar refractivity (Wildman–Crippen MR) is 60.3 cm³/mol. The third-order valence-corrected chi connectivity index (χ3v) is 2.60. The van der Waals surface area contributed by atoms with Crippen molar-refractivity contribution in [3.05, 3.63) is 34.9 Å². The second-order valence-electron chi connectivity index (χ2n) is 2.82. The number of nitrogens with two attached hydrogens (primary N) is 1. The molecule has 0 unspecified atom stereocenters. The molecule has 1 rings (SSSR count). The molecular formula is C9H11ClN2OS. The highest BCUT2D eigenvalue weighted by atomic mass is 35.5. The lowest BCUT2D eigenvalue weighted by molar-refractivity contribution is -0.120. The fourth-order valence-electron chi connectivity index (χ4n) is 1.06. The molecule has 1 aromatic carbocycles. The van der Waals surface area contributed by atoms with Gasteiger partial charge in [-0.05, 0) is 18.1 Å². The second kappa shape index (κ2) is 5.24. The number of halogens is 1. The van der Waals surface area contributed by atoms with E-state index in [0.717, 1.165) is 5.56 Å². The number of thiol groups is 1. The van der Waals surface area contributed by atoms with Gasteiger partial charge >= 0.3 is 0 Å². The molecule has 0 saturated carbocycles. The first-order chi connectivity index (χ1) is 6.65. The van der Waals surface area contributed by atoms with Crippen LogP contribution in [0.1, 0.15) is 5.56 Å². The molecule has 14 heavy (non-hydrogen) atoms. The van der Waals surface area contributed by atoms with Crippen LogP contribution in [-0.2, 0) is 11.2 Å². The summed E-state index contributed by atoms with van der Waals surface area (Å²) in [5, 5.41) is 0.163. The van der Waals surface area contributed by atoms with E-state index in [1.807, 2.05) is 23.6 Å². The Morgan fingerprint density at radius 1 is 1.57 bits per heavy atom. The Balaban J connectivity index is 2.69. The van der Waals surface area contributed by atoms with E-state index >= 15 is 0 Å². The molecule has 0 aromatic heterocycles. The lowest BCUT2D eigenvalue weighted by Crippen LogP contribution is -2.37. The molecule has 0 aliphatic heterocycles. The third kappa shape index (κ3) is 2.90. The molecule has 1 atom stereocenters. The Morgan fingerprint density at radius 2 is 2.21 bits per heavy atom. The van der Waals surface area contributed by atoms with E-state index in [1.54, 1.807) is 6.07 Å². The van der Waals surface area contributed by atoms with Crippen LogP contribution in [0.15, 0.2) is 24.3 Å². The van der Waals surface area contributed by atoms with Crippen LogP contribution in [-0.4, -0.2) is 11.2 Å². The number of carbonyl (C=O) groups is 1. The van der Waals surface area contributed by atoms with Crippen LogP contribution >= 0.6 is 24.2 Å². The Labute approximate surface area is 93.0 Å². The van der Waals surface area contributed by atoms with Crippen molar-refractivity contribution >= 4 is 30.1 Å². The molecule has 0 bridgehead atoms. The van der Waals surface area contributed by atoms with Crippen molar-refractivity contribution in [2.75, 3.05) is 0 Å². The summed E-state index contributed by atoms with van der Waals surface area (Å²) in [6.07, 6.45) is 0.464. The average molecular weight is 231 g/mol. The molecule has 0 radical (unpaired) electrons. The van der Waals surface area contributed by atoms with Crippen molar-refractivity contribution in [2.45, 2.75) is 11.7 Å². The van der Waals surface area contributed by atoms with Gasteiger partial charge in [-0.25, -0.2) is 5.84 Å². The maximum Gasteiger partial charge on any atom is 0.247 e. The van der Waals surface area contributed by atoms with Crippen molar-refractivity contribution in [2.24, 2.45) is 5.84 Å². The van der Waals surface area contributed by atoms with Crippen molar-refractivity contribution in [1.29, 1.82) is 0 Å². The van der Waals surface area contributed by atoms with Gasteiger partial charge in [-0.1, -0.05) is 29.8 Å². The van der Waals surface area contributed by atoms with E-state index in [-0.39, 0.29) is 5.91 Å². The summed E-state index contributed by atoms with van der Waals surface area (Å²) in [4.78, 5) is 11.1. The largest absolute Gasteiger partial charge is 0.293 e. The fraction of sp³-hybridized carbons (Fsp3) is 0.222. The summed E-state index contributed by atoms with van der Waals surface area (Å²) < 4.78 is 0. The summed E-state index contributed by atoms with van der Waals surface area (Å²) in [5.74, 6) is 4.67. The molecule has 3 N–H and O–H groups in total. The van der Waals surface area contributed by atoms with E-state index in [9.17, 15) is 4.79 Å². The molecule has 0 aliphatic rings. The highest BCUT2D eigenvalue weighted by Gasteiger charge is 2.14. The zero-order chi connectivity index (χ0) is 10.6. The van der Waals surface area contributed by atoms with Crippen molar-refractivity contribution in [3.63, 3.8) is 0 Å². The van der Waals surface area contributed by atoms with Gasteiger partial charge in [0.1, 0.15) is 0 Å². The van der Waals surface area contributed by atoms with Crippen LogP contribution < -0.4 is 11.3 Å². The van der Waals surface area contributed by atoms with Gasteiger partial charge in [-0.3, -0.25) is 10.2 Å². The fourth-order valence-corrected chi connectivity index (χ4v) is 1.55. The van der Waals surface area contributed by atoms with Crippen LogP contribution in [0, 0.1) is 0 Å². The van der Waals surface area contributed by atoms with E-state index < -0.39 is 5.25 Å². The van der Waals surface area contributed by atoms with Gasteiger partial charge in [-0.15, -0.1) is 0 Å².